The molecule has 0 spiro atoms. The number of thiazole rings is 1. The van der Waals surface area contributed by atoms with Crippen LogP contribution in [0.1, 0.15) is 11.3 Å². The quantitative estimate of drug-likeness (QED) is 0.882. The molecule has 0 radical (unpaired) electrons. The first-order valence-electron chi connectivity index (χ1n) is 5.14. The Morgan fingerprint density at radius 3 is 2.67 bits per heavy atom. The van der Waals surface area contributed by atoms with Crippen molar-refractivity contribution in [3.63, 3.8) is 0 Å². The summed E-state index contributed by atoms with van der Waals surface area (Å²) in [6.45, 7) is 1.76. The molecular weight excluding hydrogens is 289 g/mol. The van der Waals surface area contributed by atoms with Crippen LogP contribution in [0.25, 0.3) is 0 Å². The minimum absolute atomic E-state index is 0. The van der Waals surface area contributed by atoms with Crippen LogP contribution >= 0.6 is 36.2 Å². The predicted octanol–water partition coefficient (Wildman–Crippen LogP) is 3.20. The Hall–Kier alpha value is -0.810. The first kappa shape index (κ1) is 17.2. The number of anilines is 1. The number of rotatable bonds is 4. The summed E-state index contributed by atoms with van der Waals surface area (Å²) in [5.74, 6) is 0. The second-order valence-corrected chi connectivity index (χ2v) is 4.62. The molecule has 2 rings (SSSR count). The summed E-state index contributed by atoms with van der Waals surface area (Å²) < 4.78 is 0. The van der Waals surface area contributed by atoms with Crippen molar-refractivity contribution in [3.05, 3.63) is 46.4 Å². The number of nitrogen functional groups attached to an aromatic ring is 1. The van der Waals surface area contributed by atoms with Gasteiger partial charge in [-0.25, -0.2) is 4.98 Å². The van der Waals surface area contributed by atoms with E-state index in [1.165, 1.54) is 5.56 Å². The van der Waals surface area contributed by atoms with Gasteiger partial charge in [0.1, 0.15) is 0 Å². The van der Waals surface area contributed by atoms with Crippen LogP contribution in [0.4, 0.5) is 5.69 Å². The average molecular weight is 306 g/mol. The van der Waals surface area contributed by atoms with Crippen molar-refractivity contribution < 1.29 is 0 Å². The SMILES string of the molecule is CN(Cc1cccc(N)c1)Cc1cscn1.Cl.Cl. The second kappa shape index (κ2) is 8.32. The maximum atomic E-state index is 5.74. The largest absolute Gasteiger partial charge is 0.399 e. The van der Waals surface area contributed by atoms with Crippen LogP contribution in [0.3, 0.4) is 0 Å². The molecular formula is C12H17Cl2N3S. The molecule has 0 saturated heterocycles. The van der Waals surface area contributed by atoms with Gasteiger partial charge in [0.05, 0.1) is 11.2 Å². The summed E-state index contributed by atoms with van der Waals surface area (Å²) >= 11 is 1.63. The van der Waals surface area contributed by atoms with Crippen LogP contribution in [-0.4, -0.2) is 16.9 Å². The Kier molecular flexibility index (Phi) is 7.95. The fourth-order valence-corrected chi connectivity index (χ4v) is 2.20. The summed E-state index contributed by atoms with van der Waals surface area (Å²) in [6, 6.07) is 8.00. The molecule has 2 aromatic rings. The molecule has 6 heteroatoms. The summed E-state index contributed by atoms with van der Waals surface area (Å²) in [4.78, 5) is 6.49. The van der Waals surface area contributed by atoms with E-state index in [1.807, 2.05) is 23.7 Å². The Labute approximate surface area is 124 Å². The Morgan fingerprint density at radius 1 is 1.28 bits per heavy atom. The van der Waals surface area contributed by atoms with E-state index in [0.717, 1.165) is 24.5 Å². The zero-order valence-electron chi connectivity index (χ0n) is 10.1. The van der Waals surface area contributed by atoms with Gasteiger partial charge < -0.3 is 5.73 Å². The molecule has 0 aliphatic heterocycles. The van der Waals surface area contributed by atoms with Crippen LogP contribution in [-0.2, 0) is 13.1 Å². The molecule has 0 saturated carbocycles. The normalized spacial score (nSPS) is 9.67. The molecule has 18 heavy (non-hydrogen) atoms. The van der Waals surface area contributed by atoms with E-state index in [4.69, 9.17) is 5.73 Å². The van der Waals surface area contributed by atoms with Crippen molar-refractivity contribution in [2.45, 2.75) is 13.1 Å². The van der Waals surface area contributed by atoms with Crippen molar-refractivity contribution in [3.8, 4) is 0 Å². The maximum Gasteiger partial charge on any atom is 0.0795 e. The van der Waals surface area contributed by atoms with Crippen LogP contribution in [0.5, 0.6) is 0 Å². The Balaban J connectivity index is 0.00000144. The van der Waals surface area contributed by atoms with Gasteiger partial charge in [0.15, 0.2) is 0 Å². The monoisotopic (exact) mass is 305 g/mol. The minimum Gasteiger partial charge on any atom is -0.399 e. The fourth-order valence-electron chi connectivity index (χ4n) is 1.65. The van der Waals surface area contributed by atoms with Crippen molar-refractivity contribution in [1.29, 1.82) is 0 Å². The number of hydrogen-bond donors (Lipinski definition) is 1. The molecule has 0 unspecified atom stereocenters. The molecule has 0 bridgehead atoms. The molecule has 0 fully saturated rings. The lowest BCUT2D eigenvalue weighted by molar-refractivity contribution is 0.316. The van der Waals surface area contributed by atoms with E-state index < -0.39 is 0 Å². The third-order valence-corrected chi connectivity index (χ3v) is 2.95. The summed E-state index contributed by atoms with van der Waals surface area (Å²) in [7, 11) is 2.09. The minimum atomic E-state index is 0. The summed E-state index contributed by atoms with van der Waals surface area (Å²) in [6.07, 6.45) is 0. The van der Waals surface area contributed by atoms with Crippen LogP contribution in [0, 0.1) is 0 Å². The van der Waals surface area contributed by atoms with E-state index in [1.54, 1.807) is 11.3 Å². The number of aromatic nitrogens is 1. The highest BCUT2D eigenvalue weighted by atomic mass is 35.5. The number of halogens is 2. The average Bonchev–Trinajstić information content (AvgIpc) is 2.70. The lowest BCUT2D eigenvalue weighted by Crippen LogP contribution is -2.17. The molecule has 2 N–H and O–H groups in total. The van der Waals surface area contributed by atoms with Gasteiger partial charge in [-0.05, 0) is 24.7 Å². The van der Waals surface area contributed by atoms with Gasteiger partial charge in [-0.15, -0.1) is 36.2 Å². The van der Waals surface area contributed by atoms with Gasteiger partial charge in [0.25, 0.3) is 0 Å². The van der Waals surface area contributed by atoms with Gasteiger partial charge >= 0.3 is 0 Å². The predicted molar refractivity (Wildman–Crippen MR) is 82.6 cm³/mol. The number of nitrogens with zero attached hydrogens (tertiary/aromatic N) is 2. The van der Waals surface area contributed by atoms with Gasteiger partial charge in [-0.2, -0.15) is 0 Å². The number of benzene rings is 1. The fraction of sp³-hybridized carbons (Fsp3) is 0.250. The van der Waals surface area contributed by atoms with Crippen LogP contribution in [0.2, 0.25) is 0 Å². The maximum absolute atomic E-state index is 5.74. The third kappa shape index (κ3) is 5.23. The molecule has 0 amide bonds. The molecule has 100 valence electrons. The van der Waals surface area contributed by atoms with E-state index >= 15 is 0 Å². The Morgan fingerprint density at radius 2 is 2.06 bits per heavy atom. The van der Waals surface area contributed by atoms with E-state index in [2.05, 4.69) is 28.4 Å². The van der Waals surface area contributed by atoms with Crippen molar-refractivity contribution >= 4 is 41.8 Å². The molecule has 0 aliphatic carbocycles. The van der Waals surface area contributed by atoms with Gasteiger partial charge in [0, 0.05) is 24.2 Å². The van der Waals surface area contributed by atoms with Crippen LogP contribution < -0.4 is 5.73 Å². The van der Waals surface area contributed by atoms with Gasteiger partial charge in [-0.1, -0.05) is 12.1 Å². The molecule has 1 heterocycles. The van der Waals surface area contributed by atoms with Crippen LogP contribution in [0.15, 0.2) is 35.2 Å². The van der Waals surface area contributed by atoms with E-state index in [9.17, 15) is 0 Å². The zero-order chi connectivity index (χ0) is 11.4. The third-order valence-electron chi connectivity index (χ3n) is 2.32. The summed E-state index contributed by atoms with van der Waals surface area (Å²) in [5.41, 5.74) is 10.8. The van der Waals surface area contributed by atoms with Gasteiger partial charge in [-0.3, -0.25) is 4.90 Å². The van der Waals surface area contributed by atoms with E-state index in [-0.39, 0.29) is 24.8 Å². The lowest BCUT2D eigenvalue weighted by atomic mass is 10.2. The lowest BCUT2D eigenvalue weighted by Gasteiger charge is -2.15. The highest BCUT2D eigenvalue weighted by molar-refractivity contribution is 7.07. The number of nitrogens with two attached hydrogens (primary N) is 1. The topological polar surface area (TPSA) is 42.1 Å². The zero-order valence-corrected chi connectivity index (χ0v) is 12.5. The summed E-state index contributed by atoms with van der Waals surface area (Å²) in [5, 5.41) is 2.08. The van der Waals surface area contributed by atoms with Crippen molar-refractivity contribution in [1.82, 2.24) is 9.88 Å². The highest BCUT2D eigenvalue weighted by Gasteiger charge is 2.03. The second-order valence-electron chi connectivity index (χ2n) is 3.90. The molecule has 1 aromatic heterocycles. The smallest absolute Gasteiger partial charge is 0.0795 e. The van der Waals surface area contributed by atoms with Crippen molar-refractivity contribution in [2.75, 3.05) is 12.8 Å². The number of hydrogen-bond acceptors (Lipinski definition) is 4. The standard InChI is InChI=1S/C12H15N3S.2ClH/c1-15(7-12-8-16-9-14-12)6-10-3-2-4-11(13)5-10;;/h2-5,8-9H,6-7,13H2,1H3;2*1H. The van der Waals surface area contributed by atoms with Crippen molar-refractivity contribution in [2.24, 2.45) is 0 Å². The Bertz CT molecular complexity index is 448. The highest BCUT2D eigenvalue weighted by Crippen LogP contribution is 2.11. The first-order chi connectivity index (χ1) is 7.74. The molecule has 1 aromatic carbocycles. The van der Waals surface area contributed by atoms with Gasteiger partial charge in [0.2, 0.25) is 0 Å². The van der Waals surface area contributed by atoms with E-state index in [0.29, 0.717) is 0 Å². The first-order valence-corrected chi connectivity index (χ1v) is 6.08. The molecule has 0 atom stereocenters. The molecule has 3 nitrogen and oxygen atoms in total. The molecule has 0 aliphatic rings.